The topological polar surface area (TPSA) is 97.2 Å². The molecule has 1 aromatic heterocycles. The van der Waals surface area contributed by atoms with Crippen molar-refractivity contribution in [3.05, 3.63) is 46.2 Å². The van der Waals surface area contributed by atoms with E-state index in [0.29, 0.717) is 16.2 Å². The summed E-state index contributed by atoms with van der Waals surface area (Å²) in [5.41, 5.74) is 2.88. The largest absolute Gasteiger partial charge is 0.493 e. The average Bonchev–Trinajstić information content (AvgIpc) is 3.10. The van der Waals surface area contributed by atoms with Crippen molar-refractivity contribution in [1.29, 1.82) is 0 Å². The van der Waals surface area contributed by atoms with Crippen molar-refractivity contribution in [2.24, 2.45) is 5.10 Å². The number of thiophene rings is 1. The average molecular weight is 348 g/mol. The number of nitrogens with one attached hydrogen (secondary N) is 1. The predicted octanol–water partition coefficient (Wildman–Crippen LogP) is 2.37. The third-order valence-electron chi connectivity index (χ3n) is 2.99. The van der Waals surface area contributed by atoms with Gasteiger partial charge in [-0.15, -0.1) is 11.3 Å². The van der Waals surface area contributed by atoms with Gasteiger partial charge in [0.25, 0.3) is 5.91 Å². The number of amides is 1. The van der Waals surface area contributed by atoms with Crippen LogP contribution >= 0.6 is 11.3 Å². The lowest BCUT2D eigenvalue weighted by molar-refractivity contribution is -0.144. The Balaban J connectivity index is 2.18. The first kappa shape index (κ1) is 17.5. The summed E-state index contributed by atoms with van der Waals surface area (Å²) < 4.78 is 10.6. The van der Waals surface area contributed by atoms with Crippen molar-refractivity contribution >= 4 is 29.4 Å². The zero-order valence-corrected chi connectivity index (χ0v) is 13.9. The van der Waals surface area contributed by atoms with Crippen molar-refractivity contribution in [2.45, 2.75) is 13.0 Å². The molecular weight excluding hydrogens is 332 g/mol. The minimum atomic E-state index is -1.10. The van der Waals surface area contributed by atoms with E-state index in [1.807, 2.05) is 0 Å². The molecule has 0 saturated carbocycles. The summed E-state index contributed by atoms with van der Waals surface area (Å²) in [6.45, 7) is 1.41. The third kappa shape index (κ3) is 4.32. The van der Waals surface area contributed by atoms with Crippen LogP contribution in [0.25, 0.3) is 0 Å². The zero-order valence-electron chi connectivity index (χ0n) is 13.1. The van der Waals surface area contributed by atoms with Crippen LogP contribution in [0.1, 0.15) is 22.2 Å². The van der Waals surface area contributed by atoms with E-state index in [-0.39, 0.29) is 11.7 Å². The lowest BCUT2D eigenvalue weighted by Gasteiger charge is -2.15. The van der Waals surface area contributed by atoms with Crippen LogP contribution in [0.2, 0.25) is 0 Å². The third-order valence-corrected chi connectivity index (χ3v) is 3.85. The quantitative estimate of drug-likeness (QED) is 0.591. The van der Waals surface area contributed by atoms with E-state index in [2.05, 4.69) is 10.5 Å². The minimum absolute atomic E-state index is 0.240. The summed E-state index contributed by atoms with van der Waals surface area (Å²) in [6, 6.07) is 8.48. The van der Waals surface area contributed by atoms with Crippen molar-refractivity contribution in [3.8, 4) is 11.5 Å². The second kappa shape index (κ2) is 8.11. The van der Waals surface area contributed by atoms with Crippen LogP contribution in [0.5, 0.6) is 11.5 Å². The van der Waals surface area contributed by atoms with Crippen LogP contribution in [0.15, 0.2) is 40.8 Å². The molecule has 0 radical (unpaired) electrons. The number of carbonyl (C=O) groups excluding carboxylic acids is 1. The van der Waals surface area contributed by atoms with Crippen molar-refractivity contribution < 1.29 is 24.2 Å². The summed E-state index contributed by atoms with van der Waals surface area (Å²) in [5.74, 6) is -0.819. The molecule has 1 amide bonds. The molecule has 0 fully saturated rings. The molecule has 7 nitrogen and oxygen atoms in total. The van der Waals surface area contributed by atoms with Gasteiger partial charge in [-0.2, -0.15) is 5.10 Å². The van der Waals surface area contributed by atoms with Gasteiger partial charge in [0.1, 0.15) is 0 Å². The molecule has 126 valence electrons. The Hall–Kier alpha value is -2.87. The SMILES string of the molecule is COc1cccc(/C=N/NC(=O)c2cccs2)c1O[C@H](C)C(=O)O. The monoisotopic (exact) mass is 348 g/mol. The summed E-state index contributed by atoms with van der Waals surface area (Å²) in [4.78, 5) is 23.4. The van der Waals surface area contributed by atoms with Gasteiger partial charge < -0.3 is 14.6 Å². The summed E-state index contributed by atoms with van der Waals surface area (Å²) in [6.07, 6.45) is 0.312. The fourth-order valence-corrected chi connectivity index (χ4v) is 2.39. The Kier molecular flexibility index (Phi) is 5.91. The van der Waals surface area contributed by atoms with Crippen LogP contribution < -0.4 is 14.9 Å². The molecule has 0 spiro atoms. The van der Waals surface area contributed by atoms with E-state index in [0.717, 1.165) is 0 Å². The molecule has 1 heterocycles. The molecule has 1 atom stereocenters. The van der Waals surface area contributed by atoms with Crippen LogP contribution in [0.4, 0.5) is 0 Å². The van der Waals surface area contributed by atoms with Gasteiger partial charge >= 0.3 is 5.97 Å². The number of ether oxygens (including phenoxy) is 2. The van der Waals surface area contributed by atoms with E-state index < -0.39 is 12.1 Å². The number of benzene rings is 1. The lowest BCUT2D eigenvalue weighted by Crippen LogP contribution is -2.23. The number of rotatable bonds is 7. The molecule has 0 bridgehead atoms. The first-order valence-electron chi connectivity index (χ1n) is 6.96. The van der Waals surface area contributed by atoms with Gasteiger partial charge in [-0.1, -0.05) is 12.1 Å². The number of para-hydroxylation sites is 1. The van der Waals surface area contributed by atoms with E-state index in [1.165, 1.54) is 31.6 Å². The first-order chi connectivity index (χ1) is 11.5. The zero-order chi connectivity index (χ0) is 17.5. The Labute approximate surface area is 142 Å². The van der Waals surface area contributed by atoms with Crippen LogP contribution in [-0.2, 0) is 4.79 Å². The molecule has 24 heavy (non-hydrogen) atoms. The Morgan fingerprint density at radius 2 is 2.12 bits per heavy atom. The van der Waals surface area contributed by atoms with Gasteiger partial charge in [0.15, 0.2) is 17.6 Å². The van der Waals surface area contributed by atoms with E-state index >= 15 is 0 Å². The molecule has 0 saturated heterocycles. The maximum atomic E-state index is 11.8. The number of carbonyl (C=O) groups is 2. The summed E-state index contributed by atoms with van der Waals surface area (Å²) >= 11 is 1.30. The number of aliphatic carboxylic acids is 1. The summed E-state index contributed by atoms with van der Waals surface area (Å²) in [5, 5.41) is 14.7. The molecule has 0 aliphatic rings. The molecule has 0 unspecified atom stereocenters. The van der Waals surface area contributed by atoms with Gasteiger partial charge in [0.05, 0.1) is 18.2 Å². The molecular formula is C16H16N2O5S. The van der Waals surface area contributed by atoms with Crippen molar-refractivity contribution in [3.63, 3.8) is 0 Å². The molecule has 2 aromatic rings. The highest BCUT2D eigenvalue weighted by molar-refractivity contribution is 7.12. The van der Waals surface area contributed by atoms with Crippen molar-refractivity contribution in [2.75, 3.05) is 7.11 Å². The number of carboxylic acids is 1. The molecule has 1 aromatic carbocycles. The number of hydrogen-bond acceptors (Lipinski definition) is 6. The molecule has 2 rings (SSSR count). The van der Waals surface area contributed by atoms with Crippen LogP contribution in [0.3, 0.4) is 0 Å². The standard InChI is InChI=1S/C16H16N2O5S/c1-10(16(20)21)23-14-11(5-3-6-12(14)22-2)9-17-18-15(19)13-7-4-8-24-13/h3-10H,1-2H3,(H,18,19)(H,20,21)/b17-9+/t10-/m1/s1. The number of carboxylic acid groups (broad SMARTS) is 1. The molecule has 2 N–H and O–H groups in total. The van der Waals surface area contributed by atoms with Crippen LogP contribution in [-0.4, -0.2) is 36.4 Å². The number of methoxy groups -OCH3 is 1. The lowest BCUT2D eigenvalue weighted by atomic mass is 10.2. The maximum absolute atomic E-state index is 11.8. The highest BCUT2D eigenvalue weighted by Crippen LogP contribution is 2.31. The van der Waals surface area contributed by atoms with Gasteiger partial charge in [-0.25, -0.2) is 10.2 Å². The van der Waals surface area contributed by atoms with Gasteiger partial charge in [0, 0.05) is 5.56 Å². The summed E-state index contributed by atoms with van der Waals surface area (Å²) in [7, 11) is 1.45. The highest BCUT2D eigenvalue weighted by Gasteiger charge is 2.18. The van der Waals surface area contributed by atoms with E-state index in [1.54, 1.807) is 35.7 Å². The second-order valence-electron chi connectivity index (χ2n) is 4.65. The van der Waals surface area contributed by atoms with E-state index in [9.17, 15) is 9.59 Å². The van der Waals surface area contributed by atoms with Crippen molar-refractivity contribution in [1.82, 2.24) is 5.43 Å². The Morgan fingerprint density at radius 1 is 1.33 bits per heavy atom. The molecule has 0 aliphatic carbocycles. The number of nitrogens with zero attached hydrogens (tertiary/aromatic N) is 1. The van der Waals surface area contributed by atoms with E-state index in [4.69, 9.17) is 14.6 Å². The Morgan fingerprint density at radius 3 is 2.75 bits per heavy atom. The smallest absolute Gasteiger partial charge is 0.344 e. The van der Waals surface area contributed by atoms with Crippen LogP contribution in [0, 0.1) is 0 Å². The fraction of sp³-hybridized carbons (Fsp3) is 0.188. The van der Waals surface area contributed by atoms with Gasteiger partial charge in [-0.3, -0.25) is 4.79 Å². The first-order valence-corrected chi connectivity index (χ1v) is 7.84. The maximum Gasteiger partial charge on any atom is 0.344 e. The second-order valence-corrected chi connectivity index (χ2v) is 5.60. The molecule has 8 heteroatoms. The predicted molar refractivity (Wildman–Crippen MR) is 90.1 cm³/mol. The number of hydrogen-bond donors (Lipinski definition) is 2. The van der Waals surface area contributed by atoms with Gasteiger partial charge in [0.2, 0.25) is 0 Å². The minimum Gasteiger partial charge on any atom is -0.493 e. The fourth-order valence-electron chi connectivity index (χ4n) is 1.77. The number of hydrazone groups is 1. The highest BCUT2D eigenvalue weighted by atomic mass is 32.1. The Bertz CT molecular complexity index is 743. The van der Waals surface area contributed by atoms with Gasteiger partial charge in [-0.05, 0) is 30.5 Å². The normalized spacial score (nSPS) is 11.9. The molecule has 0 aliphatic heterocycles.